The Hall–Kier alpha value is -0.900. The summed E-state index contributed by atoms with van der Waals surface area (Å²) in [5.41, 5.74) is 0. The van der Waals surface area contributed by atoms with E-state index in [-0.39, 0.29) is 37.3 Å². The molecular weight excluding hydrogens is 196 g/mol. The van der Waals surface area contributed by atoms with E-state index in [9.17, 15) is 9.59 Å². The standard InChI is InChI=1S/C11H18O4/c12-7-8-15-11(14)6-5-9-3-1-2-4-10(9)13/h9,12H,1-8H2. The smallest absolute Gasteiger partial charge is 0.305 e. The molecule has 86 valence electrons. The lowest BCUT2D eigenvalue weighted by Crippen LogP contribution is -2.20. The number of rotatable bonds is 5. The molecule has 1 aliphatic carbocycles. The lowest BCUT2D eigenvalue weighted by atomic mass is 9.85. The Labute approximate surface area is 89.6 Å². The summed E-state index contributed by atoms with van der Waals surface area (Å²) in [6.07, 6.45) is 4.54. The number of aliphatic hydroxyl groups is 1. The van der Waals surface area contributed by atoms with Gasteiger partial charge < -0.3 is 9.84 Å². The first-order chi connectivity index (χ1) is 7.24. The quantitative estimate of drug-likeness (QED) is 0.695. The van der Waals surface area contributed by atoms with E-state index in [0.29, 0.717) is 12.8 Å². The number of carbonyl (C=O) groups excluding carboxylic acids is 2. The molecule has 1 unspecified atom stereocenters. The SMILES string of the molecule is O=C(CCC1CCCCC1=O)OCCO. The highest BCUT2D eigenvalue weighted by Gasteiger charge is 2.22. The molecule has 1 N–H and O–H groups in total. The van der Waals surface area contributed by atoms with Gasteiger partial charge in [0.15, 0.2) is 0 Å². The van der Waals surface area contributed by atoms with Crippen LogP contribution in [0.25, 0.3) is 0 Å². The first-order valence-corrected chi connectivity index (χ1v) is 5.53. The van der Waals surface area contributed by atoms with Crippen molar-refractivity contribution < 1.29 is 19.4 Å². The van der Waals surface area contributed by atoms with Crippen LogP contribution in [0.15, 0.2) is 0 Å². The van der Waals surface area contributed by atoms with E-state index in [1.807, 2.05) is 0 Å². The molecular formula is C11H18O4. The summed E-state index contributed by atoms with van der Waals surface area (Å²) in [6, 6.07) is 0. The molecule has 0 heterocycles. The maximum atomic E-state index is 11.4. The number of ketones is 1. The summed E-state index contributed by atoms with van der Waals surface area (Å²) in [4.78, 5) is 22.5. The van der Waals surface area contributed by atoms with Crippen LogP contribution in [-0.4, -0.2) is 30.1 Å². The van der Waals surface area contributed by atoms with E-state index in [1.54, 1.807) is 0 Å². The number of Topliss-reactive ketones (excluding diaryl/α,β-unsaturated/α-hetero) is 1. The third-order valence-corrected chi connectivity index (χ3v) is 2.73. The van der Waals surface area contributed by atoms with Gasteiger partial charge in [-0.3, -0.25) is 9.59 Å². The number of hydrogen-bond donors (Lipinski definition) is 1. The van der Waals surface area contributed by atoms with Crippen LogP contribution in [0.5, 0.6) is 0 Å². The molecule has 15 heavy (non-hydrogen) atoms. The summed E-state index contributed by atoms with van der Waals surface area (Å²) < 4.78 is 4.72. The lowest BCUT2D eigenvalue weighted by molar-refractivity contribution is -0.145. The molecule has 1 fully saturated rings. The third kappa shape index (κ3) is 4.42. The van der Waals surface area contributed by atoms with Crippen LogP contribution < -0.4 is 0 Å². The van der Waals surface area contributed by atoms with Crippen molar-refractivity contribution in [3.05, 3.63) is 0 Å². The summed E-state index contributed by atoms with van der Waals surface area (Å²) in [7, 11) is 0. The largest absolute Gasteiger partial charge is 0.463 e. The van der Waals surface area contributed by atoms with Gasteiger partial charge in [0.25, 0.3) is 0 Å². The molecule has 1 aliphatic rings. The van der Waals surface area contributed by atoms with Crippen molar-refractivity contribution in [1.82, 2.24) is 0 Å². The fourth-order valence-electron chi connectivity index (χ4n) is 1.88. The molecule has 0 bridgehead atoms. The molecule has 0 spiro atoms. The zero-order valence-electron chi connectivity index (χ0n) is 8.91. The van der Waals surface area contributed by atoms with Gasteiger partial charge in [-0.2, -0.15) is 0 Å². The average Bonchev–Trinajstić information content (AvgIpc) is 2.25. The van der Waals surface area contributed by atoms with Gasteiger partial charge in [0.2, 0.25) is 0 Å². The number of ether oxygens (including phenoxy) is 1. The fraction of sp³-hybridized carbons (Fsp3) is 0.818. The zero-order chi connectivity index (χ0) is 11.1. The number of hydrogen-bond acceptors (Lipinski definition) is 4. The van der Waals surface area contributed by atoms with Crippen LogP contribution in [0.1, 0.15) is 38.5 Å². The molecule has 0 saturated heterocycles. The first kappa shape index (κ1) is 12.2. The molecule has 0 amide bonds. The Balaban J connectivity index is 2.17. The topological polar surface area (TPSA) is 63.6 Å². The van der Waals surface area contributed by atoms with Crippen molar-refractivity contribution in [3.8, 4) is 0 Å². The van der Waals surface area contributed by atoms with Crippen molar-refractivity contribution >= 4 is 11.8 Å². The highest BCUT2D eigenvalue weighted by Crippen LogP contribution is 2.24. The fourth-order valence-corrected chi connectivity index (χ4v) is 1.88. The first-order valence-electron chi connectivity index (χ1n) is 5.53. The highest BCUT2D eigenvalue weighted by atomic mass is 16.5. The normalized spacial score (nSPS) is 21.4. The molecule has 0 aromatic heterocycles. The Bertz CT molecular complexity index is 225. The van der Waals surface area contributed by atoms with E-state index in [4.69, 9.17) is 9.84 Å². The molecule has 0 aromatic carbocycles. The predicted molar refractivity (Wildman–Crippen MR) is 54.2 cm³/mol. The maximum absolute atomic E-state index is 11.4. The van der Waals surface area contributed by atoms with Gasteiger partial charge in [0.1, 0.15) is 12.4 Å². The van der Waals surface area contributed by atoms with Gasteiger partial charge >= 0.3 is 5.97 Å². The van der Waals surface area contributed by atoms with Crippen LogP contribution >= 0.6 is 0 Å². The molecule has 1 saturated carbocycles. The van der Waals surface area contributed by atoms with Gasteiger partial charge in [-0.15, -0.1) is 0 Å². The second-order valence-corrected chi connectivity index (χ2v) is 3.89. The number of aliphatic hydroxyl groups excluding tert-OH is 1. The monoisotopic (exact) mass is 214 g/mol. The summed E-state index contributed by atoms with van der Waals surface area (Å²) in [5, 5.41) is 8.44. The number of esters is 1. The summed E-state index contributed by atoms with van der Waals surface area (Å²) >= 11 is 0. The molecule has 1 rings (SSSR count). The summed E-state index contributed by atoms with van der Waals surface area (Å²) in [5.74, 6) is 0.0269. The highest BCUT2D eigenvalue weighted by molar-refractivity contribution is 5.82. The van der Waals surface area contributed by atoms with Crippen molar-refractivity contribution in [3.63, 3.8) is 0 Å². The van der Waals surface area contributed by atoms with Gasteiger partial charge in [-0.05, 0) is 19.3 Å². The minimum atomic E-state index is -0.317. The van der Waals surface area contributed by atoms with Crippen LogP contribution in [0.2, 0.25) is 0 Å². The maximum Gasteiger partial charge on any atom is 0.305 e. The third-order valence-electron chi connectivity index (χ3n) is 2.73. The van der Waals surface area contributed by atoms with E-state index in [1.165, 1.54) is 0 Å². The van der Waals surface area contributed by atoms with Gasteiger partial charge in [0.05, 0.1) is 6.61 Å². The average molecular weight is 214 g/mol. The Kier molecular flexibility index (Phi) is 5.32. The Morgan fingerprint density at radius 2 is 2.27 bits per heavy atom. The minimum absolute atomic E-state index is 0.0530. The molecule has 0 aromatic rings. The van der Waals surface area contributed by atoms with Crippen molar-refractivity contribution in [2.45, 2.75) is 38.5 Å². The van der Waals surface area contributed by atoms with Gasteiger partial charge in [-0.25, -0.2) is 0 Å². The van der Waals surface area contributed by atoms with Gasteiger partial charge in [0, 0.05) is 18.8 Å². The van der Waals surface area contributed by atoms with E-state index < -0.39 is 0 Å². The van der Waals surface area contributed by atoms with Gasteiger partial charge in [-0.1, -0.05) is 6.42 Å². The molecule has 1 atom stereocenters. The van der Waals surface area contributed by atoms with Crippen LogP contribution in [-0.2, 0) is 14.3 Å². The summed E-state index contributed by atoms with van der Waals surface area (Å²) in [6.45, 7) is -0.0917. The lowest BCUT2D eigenvalue weighted by Gasteiger charge is -2.19. The second-order valence-electron chi connectivity index (χ2n) is 3.89. The second kappa shape index (κ2) is 6.56. The minimum Gasteiger partial charge on any atom is -0.463 e. The van der Waals surface area contributed by atoms with E-state index in [2.05, 4.69) is 0 Å². The molecule has 0 aliphatic heterocycles. The van der Waals surface area contributed by atoms with Crippen LogP contribution in [0, 0.1) is 5.92 Å². The molecule has 4 nitrogen and oxygen atoms in total. The number of carbonyl (C=O) groups is 2. The predicted octanol–water partition coefficient (Wildman–Crippen LogP) is 1.06. The van der Waals surface area contributed by atoms with Crippen LogP contribution in [0.4, 0.5) is 0 Å². The van der Waals surface area contributed by atoms with E-state index in [0.717, 1.165) is 19.3 Å². The van der Waals surface area contributed by atoms with Crippen molar-refractivity contribution in [1.29, 1.82) is 0 Å². The Morgan fingerprint density at radius 3 is 2.93 bits per heavy atom. The van der Waals surface area contributed by atoms with Crippen molar-refractivity contribution in [2.24, 2.45) is 5.92 Å². The molecule has 4 heteroatoms. The molecule has 0 radical (unpaired) electrons. The van der Waals surface area contributed by atoms with E-state index >= 15 is 0 Å². The van der Waals surface area contributed by atoms with Crippen molar-refractivity contribution in [2.75, 3.05) is 13.2 Å². The Morgan fingerprint density at radius 1 is 1.47 bits per heavy atom. The van der Waals surface area contributed by atoms with Crippen LogP contribution in [0.3, 0.4) is 0 Å². The zero-order valence-corrected chi connectivity index (χ0v) is 8.91.